The summed E-state index contributed by atoms with van der Waals surface area (Å²) in [5.74, 6) is 0.809. The summed E-state index contributed by atoms with van der Waals surface area (Å²) in [6, 6.07) is 5.20. The highest BCUT2D eigenvalue weighted by Crippen LogP contribution is 1.89. The SMILES string of the molecule is C=CCNC(=NCCCn1ccccc1=O)NCCCC. The van der Waals surface area contributed by atoms with E-state index in [4.69, 9.17) is 0 Å². The van der Waals surface area contributed by atoms with Crippen molar-refractivity contribution in [2.24, 2.45) is 4.99 Å². The molecule has 0 bridgehead atoms. The van der Waals surface area contributed by atoms with E-state index in [0.29, 0.717) is 19.6 Å². The number of nitrogens with one attached hydrogen (secondary N) is 2. The molecule has 0 amide bonds. The molecule has 0 atom stereocenters. The van der Waals surface area contributed by atoms with Crippen LogP contribution in [-0.4, -0.2) is 30.2 Å². The average Bonchev–Trinajstić information content (AvgIpc) is 2.50. The molecule has 0 aliphatic carbocycles. The summed E-state index contributed by atoms with van der Waals surface area (Å²) in [6.45, 7) is 8.82. The maximum Gasteiger partial charge on any atom is 0.250 e. The molecular weight excluding hydrogens is 264 g/mol. The second kappa shape index (κ2) is 10.7. The van der Waals surface area contributed by atoms with Crippen molar-refractivity contribution in [2.45, 2.75) is 32.7 Å². The summed E-state index contributed by atoms with van der Waals surface area (Å²) in [7, 11) is 0. The Labute approximate surface area is 126 Å². The molecule has 0 radical (unpaired) electrons. The summed E-state index contributed by atoms with van der Waals surface area (Å²) < 4.78 is 1.71. The third-order valence-corrected chi connectivity index (χ3v) is 2.96. The van der Waals surface area contributed by atoms with Gasteiger partial charge in [0.15, 0.2) is 5.96 Å². The van der Waals surface area contributed by atoms with E-state index in [9.17, 15) is 4.79 Å². The topological polar surface area (TPSA) is 58.4 Å². The standard InChI is InChI=1S/C16H26N4O/c1-3-5-11-18-16(17-10-4-2)19-12-8-14-20-13-7-6-9-15(20)21/h4,6-7,9,13H,2-3,5,8,10-12,14H2,1H3,(H2,17,18,19). The van der Waals surface area contributed by atoms with Crippen LogP contribution in [0, 0.1) is 0 Å². The lowest BCUT2D eigenvalue weighted by Crippen LogP contribution is -2.38. The molecule has 0 aromatic carbocycles. The molecule has 5 heteroatoms. The molecule has 0 unspecified atom stereocenters. The Morgan fingerprint density at radius 2 is 2.24 bits per heavy atom. The van der Waals surface area contributed by atoms with Crippen LogP contribution in [-0.2, 0) is 6.54 Å². The number of aryl methyl sites for hydroxylation is 1. The van der Waals surface area contributed by atoms with E-state index >= 15 is 0 Å². The molecule has 21 heavy (non-hydrogen) atoms. The van der Waals surface area contributed by atoms with Crippen molar-refractivity contribution in [1.82, 2.24) is 15.2 Å². The van der Waals surface area contributed by atoms with Crippen LogP contribution in [0.15, 0.2) is 46.8 Å². The first-order chi connectivity index (χ1) is 10.3. The monoisotopic (exact) mass is 290 g/mol. The van der Waals surface area contributed by atoms with Crippen molar-refractivity contribution < 1.29 is 0 Å². The number of hydrogen-bond donors (Lipinski definition) is 2. The Bertz CT molecular complexity index is 493. The van der Waals surface area contributed by atoms with E-state index in [-0.39, 0.29) is 5.56 Å². The molecule has 1 heterocycles. The Morgan fingerprint density at radius 1 is 1.38 bits per heavy atom. The lowest BCUT2D eigenvalue weighted by molar-refractivity contribution is 0.627. The van der Waals surface area contributed by atoms with Crippen molar-refractivity contribution in [2.75, 3.05) is 19.6 Å². The van der Waals surface area contributed by atoms with Gasteiger partial charge < -0.3 is 15.2 Å². The third-order valence-electron chi connectivity index (χ3n) is 2.96. The Kier molecular flexibility index (Phi) is 8.68. The number of nitrogens with zero attached hydrogens (tertiary/aromatic N) is 2. The molecule has 5 nitrogen and oxygen atoms in total. The number of hydrogen-bond acceptors (Lipinski definition) is 2. The largest absolute Gasteiger partial charge is 0.356 e. The first kappa shape index (κ1) is 17.0. The van der Waals surface area contributed by atoms with Gasteiger partial charge in [0.05, 0.1) is 0 Å². The van der Waals surface area contributed by atoms with Crippen molar-refractivity contribution in [1.29, 1.82) is 0 Å². The zero-order valence-electron chi connectivity index (χ0n) is 12.8. The van der Waals surface area contributed by atoms with Gasteiger partial charge in [-0.1, -0.05) is 25.5 Å². The number of pyridine rings is 1. The molecule has 0 saturated carbocycles. The Hall–Kier alpha value is -2.04. The predicted octanol–water partition coefficient (Wildman–Crippen LogP) is 1.76. The fraction of sp³-hybridized carbons (Fsp3) is 0.500. The number of guanidine groups is 1. The normalized spacial score (nSPS) is 11.2. The van der Waals surface area contributed by atoms with Crippen LogP contribution in [0.2, 0.25) is 0 Å². The van der Waals surface area contributed by atoms with Crippen LogP contribution in [0.1, 0.15) is 26.2 Å². The van der Waals surface area contributed by atoms with Gasteiger partial charge in [-0.3, -0.25) is 9.79 Å². The van der Waals surface area contributed by atoms with Gasteiger partial charge in [0.1, 0.15) is 0 Å². The van der Waals surface area contributed by atoms with Gasteiger partial charge in [-0.15, -0.1) is 6.58 Å². The Morgan fingerprint density at radius 3 is 2.95 bits per heavy atom. The smallest absolute Gasteiger partial charge is 0.250 e. The number of unbranched alkanes of at least 4 members (excludes halogenated alkanes) is 1. The van der Waals surface area contributed by atoms with Crippen molar-refractivity contribution in [3.63, 3.8) is 0 Å². The maximum absolute atomic E-state index is 11.6. The summed E-state index contributed by atoms with van der Waals surface area (Å²) in [6.07, 6.45) is 6.72. The van der Waals surface area contributed by atoms with Crippen LogP contribution in [0.4, 0.5) is 0 Å². The fourth-order valence-corrected chi connectivity index (χ4v) is 1.80. The molecule has 0 saturated heterocycles. The molecular formula is C16H26N4O. The van der Waals surface area contributed by atoms with Crippen molar-refractivity contribution in [3.8, 4) is 0 Å². The highest BCUT2D eigenvalue weighted by molar-refractivity contribution is 5.79. The summed E-state index contributed by atoms with van der Waals surface area (Å²) in [4.78, 5) is 16.1. The van der Waals surface area contributed by atoms with Crippen LogP contribution < -0.4 is 16.2 Å². The average molecular weight is 290 g/mol. The van der Waals surface area contributed by atoms with E-state index in [2.05, 4.69) is 29.1 Å². The zero-order chi connectivity index (χ0) is 15.3. The third kappa shape index (κ3) is 7.34. The quantitative estimate of drug-likeness (QED) is 0.315. The highest BCUT2D eigenvalue weighted by atomic mass is 16.1. The fourth-order valence-electron chi connectivity index (χ4n) is 1.80. The molecule has 0 aliphatic rings. The van der Waals surface area contributed by atoms with E-state index in [1.807, 2.05) is 12.3 Å². The van der Waals surface area contributed by atoms with Crippen LogP contribution in [0.5, 0.6) is 0 Å². The van der Waals surface area contributed by atoms with Gasteiger partial charge in [0.25, 0.3) is 0 Å². The second-order valence-electron chi connectivity index (χ2n) is 4.77. The van der Waals surface area contributed by atoms with Gasteiger partial charge in [-0.25, -0.2) is 0 Å². The summed E-state index contributed by atoms with van der Waals surface area (Å²) in [5, 5.41) is 6.48. The van der Waals surface area contributed by atoms with Gasteiger partial charge in [-0.2, -0.15) is 0 Å². The van der Waals surface area contributed by atoms with Crippen LogP contribution in [0.25, 0.3) is 0 Å². The van der Waals surface area contributed by atoms with Gasteiger partial charge in [0.2, 0.25) is 5.56 Å². The van der Waals surface area contributed by atoms with E-state index in [1.165, 1.54) is 0 Å². The van der Waals surface area contributed by atoms with E-state index in [1.54, 1.807) is 22.8 Å². The first-order valence-electron chi connectivity index (χ1n) is 7.56. The van der Waals surface area contributed by atoms with E-state index in [0.717, 1.165) is 31.8 Å². The zero-order valence-corrected chi connectivity index (χ0v) is 12.8. The maximum atomic E-state index is 11.6. The molecule has 116 valence electrons. The minimum absolute atomic E-state index is 0.0348. The summed E-state index contributed by atoms with van der Waals surface area (Å²) >= 11 is 0. The minimum Gasteiger partial charge on any atom is -0.356 e. The molecule has 1 aromatic rings. The molecule has 1 aromatic heterocycles. The lowest BCUT2D eigenvalue weighted by atomic mass is 10.3. The molecule has 2 N–H and O–H groups in total. The highest BCUT2D eigenvalue weighted by Gasteiger charge is 1.97. The van der Waals surface area contributed by atoms with Crippen molar-refractivity contribution in [3.05, 3.63) is 47.4 Å². The lowest BCUT2D eigenvalue weighted by Gasteiger charge is -2.11. The van der Waals surface area contributed by atoms with Gasteiger partial charge in [-0.05, 0) is 18.9 Å². The van der Waals surface area contributed by atoms with Crippen molar-refractivity contribution >= 4 is 5.96 Å². The predicted molar refractivity (Wildman–Crippen MR) is 88.7 cm³/mol. The van der Waals surface area contributed by atoms with Gasteiger partial charge >= 0.3 is 0 Å². The molecule has 1 rings (SSSR count). The van der Waals surface area contributed by atoms with Crippen LogP contribution in [0.3, 0.4) is 0 Å². The minimum atomic E-state index is 0.0348. The van der Waals surface area contributed by atoms with Gasteiger partial charge in [0, 0.05) is 38.4 Å². The van der Waals surface area contributed by atoms with E-state index < -0.39 is 0 Å². The number of aliphatic imine (C=N–C) groups is 1. The molecule has 0 fully saturated rings. The summed E-state index contributed by atoms with van der Waals surface area (Å²) in [5.41, 5.74) is 0.0348. The number of rotatable bonds is 9. The first-order valence-corrected chi connectivity index (χ1v) is 7.56. The second-order valence-corrected chi connectivity index (χ2v) is 4.77. The number of aromatic nitrogens is 1. The Balaban J connectivity index is 2.39. The van der Waals surface area contributed by atoms with Crippen LogP contribution >= 0.6 is 0 Å². The molecule has 0 spiro atoms. The molecule has 0 aliphatic heterocycles.